The molecule has 5 aromatic rings. The molecule has 0 bridgehead atoms. The van der Waals surface area contributed by atoms with Gasteiger partial charge in [0.15, 0.2) is 5.82 Å². The molecule has 0 atom stereocenters. The van der Waals surface area contributed by atoms with Crippen LogP contribution in [0.2, 0.25) is 5.15 Å². The van der Waals surface area contributed by atoms with Crippen LogP contribution in [0.15, 0.2) is 73.1 Å². The summed E-state index contributed by atoms with van der Waals surface area (Å²) in [5, 5.41) is 0.221. The highest BCUT2D eigenvalue weighted by molar-refractivity contribution is 6.30. The summed E-state index contributed by atoms with van der Waals surface area (Å²) in [6, 6.07) is 21.1. The topological polar surface area (TPSA) is 95.9 Å². The minimum absolute atomic E-state index is 0.0680. The van der Waals surface area contributed by atoms with Gasteiger partial charge < -0.3 is 18.9 Å². The third kappa shape index (κ3) is 7.15. The molecular formula is C36H37ClN4O5. The van der Waals surface area contributed by atoms with E-state index in [9.17, 15) is 4.79 Å². The minimum atomic E-state index is -0.771. The number of anilines is 1. The Bertz CT molecular complexity index is 1880. The molecule has 0 aliphatic carbocycles. The number of carbonyl (C=O) groups is 1. The second kappa shape index (κ2) is 13.6. The maximum Gasteiger partial charge on any atom is 0.416 e. The predicted octanol–water partition coefficient (Wildman–Crippen LogP) is 8.50. The van der Waals surface area contributed by atoms with E-state index >= 15 is 0 Å². The molecule has 2 heterocycles. The largest absolute Gasteiger partial charge is 0.497 e. The van der Waals surface area contributed by atoms with E-state index in [1.54, 1.807) is 53.2 Å². The number of amides is 1. The van der Waals surface area contributed by atoms with E-state index in [2.05, 4.69) is 15.0 Å². The first kappa shape index (κ1) is 32.5. The van der Waals surface area contributed by atoms with Crippen LogP contribution in [-0.4, -0.2) is 40.9 Å². The standard InChI is InChI=1S/C36H37ClN4O5/c1-22-13-16-28(45-20-24-11-9-8-10-12-24)23(2)31(22)27-18-30(37)40-33-32(27)38-21-39-34(33)41(35(42)46-36(3,4)5)19-25-14-15-26(43-6)17-29(25)44-7/h8-18,21H,19-20H2,1-7H3. The number of benzene rings is 3. The number of halogens is 1. The molecule has 9 nitrogen and oxygen atoms in total. The lowest BCUT2D eigenvalue weighted by atomic mass is 9.94. The number of aryl methyl sites for hydroxylation is 1. The number of hydrogen-bond donors (Lipinski definition) is 0. The number of aromatic nitrogens is 3. The van der Waals surface area contributed by atoms with E-state index in [1.807, 2.05) is 62.4 Å². The Morgan fingerprint density at radius 1 is 0.891 bits per heavy atom. The molecule has 0 N–H and O–H groups in total. The van der Waals surface area contributed by atoms with Gasteiger partial charge >= 0.3 is 6.09 Å². The van der Waals surface area contributed by atoms with Crippen molar-refractivity contribution in [2.24, 2.45) is 0 Å². The number of carbonyl (C=O) groups excluding carboxylic acids is 1. The molecule has 0 aliphatic rings. The number of nitrogens with zero attached hydrogens (tertiary/aromatic N) is 4. The molecule has 0 saturated heterocycles. The lowest BCUT2D eigenvalue weighted by Gasteiger charge is -2.28. The number of rotatable bonds is 9. The molecule has 0 unspecified atom stereocenters. The van der Waals surface area contributed by atoms with Crippen LogP contribution in [0.25, 0.3) is 22.2 Å². The van der Waals surface area contributed by atoms with Gasteiger partial charge in [0.05, 0.1) is 20.8 Å². The SMILES string of the molecule is COc1ccc(CN(C(=O)OC(C)(C)C)c2ncnc3c(-c4c(C)ccc(OCc5ccccc5)c4C)cc(Cl)nc23)c(OC)c1. The van der Waals surface area contributed by atoms with Crippen molar-refractivity contribution >= 4 is 34.5 Å². The van der Waals surface area contributed by atoms with E-state index in [1.165, 1.54) is 11.2 Å². The van der Waals surface area contributed by atoms with Crippen molar-refractivity contribution in [2.45, 2.75) is 53.4 Å². The van der Waals surface area contributed by atoms with Gasteiger partial charge in [-0.05, 0) is 81.1 Å². The van der Waals surface area contributed by atoms with Crippen molar-refractivity contribution in [3.8, 4) is 28.4 Å². The zero-order chi connectivity index (χ0) is 33.0. The van der Waals surface area contributed by atoms with Crippen LogP contribution >= 0.6 is 11.6 Å². The van der Waals surface area contributed by atoms with E-state index in [4.69, 9.17) is 30.5 Å². The van der Waals surface area contributed by atoms with Crippen LogP contribution in [0.1, 0.15) is 43.0 Å². The molecule has 5 rings (SSSR count). The van der Waals surface area contributed by atoms with Crippen molar-refractivity contribution in [2.75, 3.05) is 19.1 Å². The summed E-state index contributed by atoms with van der Waals surface area (Å²) < 4.78 is 23.1. The van der Waals surface area contributed by atoms with Crippen molar-refractivity contribution in [3.05, 3.63) is 100 Å². The van der Waals surface area contributed by atoms with Crippen LogP contribution in [0.4, 0.5) is 10.6 Å². The lowest BCUT2D eigenvalue weighted by molar-refractivity contribution is 0.0576. The fraction of sp³-hybridized carbons (Fsp3) is 0.278. The van der Waals surface area contributed by atoms with Crippen LogP contribution in [0, 0.1) is 13.8 Å². The third-order valence-corrected chi connectivity index (χ3v) is 7.56. The Hall–Kier alpha value is -4.89. The average Bonchev–Trinajstić information content (AvgIpc) is 3.02. The van der Waals surface area contributed by atoms with Gasteiger partial charge in [0.1, 0.15) is 52.0 Å². The fourth-order valence-electron chi connectivity index (χ4n) is 5.21. The highest BCUT2D eigenvalue weighted by atomic mass is 35.5. The van der Waals surface area contributed by atoms with Crippen molar-refractivity contribution in [1.29, 1.82) is 0 Å². The summed E-state index contributed by atoms with van der Waals surface area (Å²) >= 11 is 6.70. The van der Waals surface area contributed by atoms with Gasteiger partial charge in [-0.1, -0.05) is 48.0 Å². The Morgan fingerprint density at radius 3 is 2.35 bits per heavy atom. The van der Waals surface area contributed by atoms with Crippen LogP contribution < -0.4 is 19.1 Å². The highest BCUT2D eigenvalue weighted by Crippen LogP contribution is 2.39. The van der Waals surface area contributed by atoms with E-state index in [0.717, 1.165) is 33.6 Å². The third-order valence-electron chi connectivity index (χ3n) is 7.36. The van der Waals surface area contributed by atoms with Gasteiger partial charge in [-0.25, -0.2) is 19.7 Å². The molecular weight excluding hydrogens is 604 g/mol. The smallest absolute Gasteiger partial charge is 0.416 e. The first-order valence-corrected chi connectivity index (χ1v) is 15.2. The molecule has 0 spiro atoms. The molecule has 0 fully saturated rings. The fourth-order valence-corrected chi connectivity index (χ4v) is 5.41. The quantitative estimate of drug-likeness (QED) is 0.148. The highest BCUT2D eigenvalue weighted by Gasteiger charge is 2.29. The van der Waals surface area contributed by atoms with Gasteiger partial charge in [0.25, 0.3) is 0 Å². The molecule has 2 aromatic heterocycles. The maximum absolute atomic E-state index is 13.8. The van der Waals surface area contributed by atoms with E-state index in [0.29, 0.717) is 34.7 Å². The molecule has 1 amide bonds. The van der Waals surface area contributed by atoms with Crippen molar-refractivity contribution in [1.82, 2.24) is 15.0 Å². The Labute approximate surface area is 274 Å². The van der Waals surface area contributed by atoms with Gasteiger partial charge in [-0.2, -0.15) is 0 Å². The average molecular weight is 641 g/mol. The number of hydrogen-bond acceptors (Lipinski definition) is 8. The second-order valence-electron chi connectivity index (χ2n) is 11.8. The summed E-state index contributed by atoms with van der Waals surface area (Å²) in [7, 11) is 3.14. The van der Waals surface area contributed by atoms with Gasteiger partial charge in [0.2, 0.25) is 0 Å². The molecule has 0 aliphatic heterocycles. The van der Waals surface area contributed by atoms with E-state index in [-0.39, 0.29) is 17.5 Å². The second-order valence-corrected chi connectivity index (χ2v) is 12.2. The molecule has 0 saturated carbocycles. The molecule has 0 radical (unpaired) electrons. The first-order chi connectivity index (χ1) is 22.0. The van der Waals surface area contributed by atoms with Crippen LogP contribution in [0.3, 0.4) is 0 Å². The zero-order valence-electron chi connectivity index (χ0n) is 27.1. The lowest BCUT2D eigenvalue weighted by Crippen LogP contribution is -2.37. The Balaban J connectivity index is 1.64. The predicted molar refractivity (Wildman–Crippen MR) is 180 cm³/mol. The van der Waals surface area contributed by atoms with Crippen molar-refractivity contribution < 1.29 is 23.7 Å². The number of fused-ring (bicyclic) bond motifs is 1. The minimum Gasteiger partial charge on any atom is -0.497 e. The van der Waals surface area contributed by atoms with Gasteiger partial charge in [-0.15, -0.1) is 0 Å². The van der Waals surface area contributed by atoms with Gasteiger partial charge in [-0.3, -0.25) is 4.90 Å². The maximum atomic E-state index is 13.8. The number of pyridine rings is 1. The summed E-state index contributed by atoms with van der Waals surface area (Å²) in [5.41, 5.74) is 5.44. The number of ether oxygens (including phenoxy) is 4. The van der Waals surface area contributed by atoms with Crippen LogP contribution in [-0.2, 0) is 17.9 Å². The molecule has 238 valence electrons. The Morgan fingerprint density at radius 2 is 1.65 bits per heavy atom. The number of methoxy groups -OCH3 is 2. The Kier molecular flexibility index (Phi) is 9.63. The normalized spacial score (nSPS) is 11.3. The molecule has 10 heteroatoms. The summed E-state index contributed by atoms with van der Waals surface area (Å²) in [5.74, 6) is 2.14. The first-order valence-electron chi connectivity index (χ1n) is 14.8. The van der Waals surface area contributed by atoms with E-state index < -0.39 is 11.7 Å². The summed E-state index contributed by atoms with van der Waals surface area (Å²) in [6.45, 7) is 9.94. The summed E-state index contributed by atoms with van der Waals surface area (Å²) in [6.07, 6.45) is 0.803. The zero-order valence-corrected chi connectivity index (χ0v) is 27.8. The molecule has 46 heavy (non-hydrogen) atoms. The molecule has 3 aromatic carbocycles. The monoisotopic (exact) mass is 640 g/mol. The van der Waals surface area contributed by atoms with Crippen molar-refractivity contribution in [3.63, 3.8) is 0 Å². The summed E-state index contributed by atoms with van der Waals surface area (Å²) in [4.78, 5) is 29.1. The van der Waals surface area contributed by atoms with Gasteiger partial charge in [0, 0.05) is 17.2 Å². The van der Waals surface area contributed by atoms with Crippen LogP contribution in [0.5, 0.6) is 17.2 Å².